The van der Waals surface area contributed by atoms with Crippen LogP contribution in [0.1, 0.15) is 16.7 Å². The molecule has 1 atom stereocenters. The van der Waals surface area contributed by atoms with E-state index < -0.39 is 5.60 Å². The fraction of sp³-hybridized carbons (Fsp3) is 0.0270. The van der Waals surface area contributed by atoms with Crippen LogP contribution in [0.5, 0.6) is 5.75 Å². The van der Waals surface area contributed by atoms with Crippen molar-refractivity contribution < 1.29 is 4.74 Å². The second-order valence-corrected chi connectivity index (χ2v) is 10.8. The Kier molecular flexibility index (Phi) is 6.22. The molecule has 3 heteroatoms. The molecule has 0 radical (unpaired) electrons. The monoisotopic (exact) mass is 579 g/mol. The Balaban J connectivity index is 1.34. The van der Waals surface area contributed by atoms with Crippen LogP contribution in [-0.4, -0.2) is 0 Å². The Labute approximate surface area is 242 Å². The lowest BCUT2D eigenvalue weighted by Gasteiger charge is -2.36. The molecule has 0 saturated heterocycles. The highest BCUT2D eigenvalue weighted by Crippen LogP contribution is 2.45. The number of hydrogen-bond donors (Lipinski definition) is 0. The number of halogens is 1. The minimum atomic E-state index is -0.708. The van der Waals surface area contributed by atoms with Gasteiger partial charge < -0.3 is 9.64 Å². The number of benzene rings is 6. The van der Waals surface area contributed by atoms with Gasteiger partial charge in [-0.1, -0.05) is 107 Å². The number of ether oxygens (including phenoxy) is 1. The molecule has 1 heterocycles. The van der Waals surface area contributed by atoms with Crippen molar-refractivity contribution in [2.24, 2.45) is 0 Å². The topological polar surface area (TPSA) is 12.5 Å². The van der Waals surface area contributed by atoms with Crippen LogP contribution in [0.3, 0.4) is 0 Å². The first kappa shape index (κ1) is 24.4. The average molecular weight is 581 g/mol. The number of para-hydroxylation sites is 2. The lowest BCUT2D eigenvalue weighted by Crippen LogP contribution is -2.34. The van der Waals surface area contributed by atoms with Crippen LogP contribution >= 0.6 is 15.9 Å². The van der Waals surface area contributed by atoms with Gasteiger partial charge in [-0.2, -0.15) is 0 Å². The minimum absolute atomic E-state index is 0.708. The first-order valence-electron chi connectivity index (χ1n) is 13.4. The summed E-state index contributed by atoms with van der Waals surface area (Å²) in [6.45, 7) is 0. The van der Waals surface area contributed by atoms with Crippen molar-refractivity contribution in [1.82, 2.24) is 0 Å². The van der Waals surface area contributed by atoms with Crippen LogP contribution in [0.2, 0.25) is 0 Å². The summed E-state index contributed by atoms with van der Waals surface area (Å²) in [4.78, 5) is 2.29. The first-order valence-corrected chi connectivity index (χ1v) is 14.2. The summed E-state index contributed by atoms with van der Waals surface area (Å²) in [5.41, 5.74) is 5.92. The van der Waals surface area contributed by atoms with Crippen LogP contribution in [0.4, 0.5) is 17.1 Å². The summed E-state index contributed by atoms with van der Waals surface area (Å²) in [6.07, 6.45) is 4.42. The van der Waals surface area contributed by atoms with E-state index in [0.717, 1.165) is 54.7 Å². The molecule has 1 aliphatic heterocycles. The normalized spacial score (nSPS) is 15.8. The highest BCUT2D eigenvalue weighted by Gasteiger charge is 2.37. The van der Waals surface area contributed by atoms with Crippen molar-refractivity contribution in [3.63, 3.8) is 0 Å². The van der Waals surface area contributed by atoms with Crippen molar-refractivity contribution in [2.75, 3.05) is 4.90 Å². The molecule has 0 amide bonds. The van der Waals surface area contributed by atoms with Crippen molar-refractivity contribution in [3.8, 4) is 5.75 Å². The van der Waals surface area contributed by atoms with Crippen LogP contribution in [0.15, 0.2) is 156 Å². The van der Waals surface area contributed by atoms with Gasteiger partial charge in [-0.15, -0.1) is 0 Å². The van der Waals surface area contributed by atoms with Crippen LogP contribution < -0.4 is 9.64 Å². The van der Waals surface area contributed by atoms with Gasteiger partial charge in [0, 0.05) is 38.2 Å². The zero-order valence-corrected chi connectivity index (χ0v) is 23.3. The molecular formula is C37H26BrNO. The SMILES string of the molecule is Brc1ccc(C2(c3ccccc3)C=Cc3c(ccc4cc(N(c5ccccc5)c5ccccc5)ccc34)O2)cc1. The van der Waals surface area contributed by atoms with E-state index in [1.54, 1.807) is 0 Å². The Morgan fingerprint density at radius 1 is 0.550 bits per heavy atom. The molecule has 0 N–H and O–H groups in total. The predicted molar refractivity (Wildman–Crippen MR) is 170 cm³/mol. The average Bonchev–Trinajstić information content (AvgIpc) is 3.02. The second-order valence-electron chi connectivity index (χ2n) is 9.93. The minimum Gasteiger partial charge on any atom is -0.473 e. The summed E-state index contributed by atoms with van der Waals surface area (Å²) in [5, 5.41) is 2.33. The molecule has 0 spiro atoms. The maximum absolute atomic E-state index is 6.94. The lowest BCUT2D eigenvalue weighted by atomic mass is 9.83. The third-order valence-corrected chi connectivity index (χ3v) is 8.05. The largest absolute Gasteiger partial charge is 0.473 e. The standard InChI is InChI=1S/C37H26BrNO/c38-30-19-17-29(18-20-30)37(28-10-4-1-5-11-28)25-24-35-34-22-21-33(26-27(34)16-23-36(35)40-37)39(31-12-6-2-7-13-31)32-14-8-3-9-15-32/h1-26H. The number of hydrogen-bond acceptors (Lipinski definition) is 2. The Bertz CT molecular complexity index is 1780. The molecular weight excluding hydrogens is 554 g/mol. The summed E-state index contributed by atoms with van der Waals surface area (Å²) in [7, 11) is 0. The zero-order chi connectivity index (χ0) is 26.9. The van der Waals surface area contributed by atoms with E-state index in [4.69, 9.17) is 4.74 Å². The second kappa shape index (κ2) is 10.2. The quantitative estimate of drug-likeness (QED) is 0.201. The van der Waals surface area contributed by atoms with E-state index in [1.165, 1.54) is 0 Å². The number of anilines is 3. The molecule has 7 rings (SSSR count). The Hall–Kier alpha value is -4.60. The van der Waals surface area contributed by atoms with Crippen molar-refractivity contribution in [1.29, 1.82) is 0 Å². The fourth-order valence-electron chi connectivity index (χ4n) is 5.59. The van der Waals surface area contributed by atoms with E-state index in [1.807, 2.05) is 6.07 Å². The third-order valence-electron chi connectivity index (χ3n) is 7.52. The zero-order valence-electron chi connectivity index (χ0n) is 21.7. The van der Waals surface area contributed by atoms with E-state index in [-0.39, 0.29) is 0 Å². The molecule has 0 bridgehead atoms. The van der Waals surface area contributed by atoms with Gasteiger partial charge in [-0.3, -0.25) is 0 Å². The maximum Gasteiger partial charge on any atom is 0.178 e. The highest BCUT2D eigenvalue weighted by molar-refractivity contribution is 9.10. The van der Waals surface area contributed by atoms with Gasteiger partial charge in [0.25, 0.3) is 0 Å². The smallest absolute Gasteiger partial charge is 0.178 e. The van der Waals surface area contributed by atoms with E-state index in [0.29, 0.717) is 0 Å². The van der Waals surface area contributed by atoms with Crippen molar-refractivity contribution in [3.05, 3.63) is 173 Å². The molecule has 192 valence electrons. The predicted octanol–water partition coefficient (Wildman–Crippen LogP) is 10.4. The summed E-state index contributed by atoms with van der Waals surface area (Å²) in [5.74, 6) is 0.873. The Morgan fingerprint density at radius 3 is 1.80 bits per heavy atom. The van der Waals surface area contributed by atoms with Crippen molar-refractivity contribution >= 4 is 49.8 Å². The molecule has 2 nitrogen and oxygen atoms in total. The van der Waals surface area contributed by atoms with Gasteiger partial charge in [0.05, 0.1) is 0 Å². The lowest BCUT2D eigenvalue weighted by molar-refractivity contribution is 0.161. The molecule has 0 saturated carbocycles. The molecule has 6 aromatic rings. The molecule has 0 aromatic heterocycles. The number of fused-ring (bicyclic) bond motifs is 3. The molecule has 40 heavy (non-hydrogen) atoms. The van der Waals surface area contributed by atoms with E-state index in [9.17, 15) is 0 Å². The van der Waals surface area contributed by atoms with Crippen LogP contribution in [0, 0.1) is 0 Å². The third kappa shape index (κ3) is 4.29. The summed E-state index contributed by atoms with van der Waals surface area (Å²) in [6, 6.07) is 50.8. The van der Waals surface area contributed by atoms with Gasteiger partial charge in [0.2, 0.25) is 0 Å². The fourth-order valence-corrected chi connectivity index (χ4v) is 5.86. The van der Waals surface area contributed by atoms with Crippen molar-refractivity contribution in [2.45, 2.75) is 5.60 Å². The summed E-state index contributed by atoms with van der Waals surface area (Å²) >= 11 is 3.58. The van der Waals surface area contributed by atoms with Crippen LogP contribution in [-0.2, 0) is 5.60 Å². The molecule has 0 fully saturated rings. The van der Waals surface area contributed by atoms with E-state index in [2.05, 4.69) is 173 Å². The van der Waals surface area contributed by atoms with Gasteiger partial charge in [0.1, 0.15) is 5.75 Å². The first-order chi connectivity index (χ1) is 19.7. The van der Waals surface area contributed by atoms with Gasteiger partial charge in [-0.25, -0.2) is 0 Å². The van der Waals surface area contributed by atoms with E-state index >= 15 is 0 Å². The maximum atomic E-state index is 6.94. The van der Waals surface area contributed by atoms with Crippen LogP contribution in [0.25, 0.3) is 16.8 Å². The molecule has 1 unspecified atom stereocenters. The number of rotatable bonds is 5. The molecule has 6 aromatic carbocycles. The van der Waals surface area contributed by atoms with Gasteiger partial charge in [0.15, 0.2) is 5.60 Å². The molecule has 1 aliphatic rings. The number of nitrogens with zero attached hydrogens (tertiary/aromatic N) is 1. The Morgan fingerprint density at radius 2 is 1.15 bits per heavy atom. The van der Waals surface area contributed by atoms with Gasteiger partial charge in [-0.05, 0) is 77.5 Å². The molecule has 0 aliphatic carbocycles. The van der Waals surface area contributed by atoms with Gasteiger partial charge >= 0.3 is 0 Å². The highest BCUT2D eigenvalue weighted by atomic mass is 79.9. The summed E-state index contributed by atoms with van der Waals surface area (Å²) < 4.78 is 7.99.